The minimum absolute atomic E-state index is 0.00493. The molecule has 1 heterocycles. The number of carboxylic acids is 1. The van der Waals surface area contributed by atoms with Gasteiger partial charge in [-0.3, -0.25) is 9.59 Å². The van der Waals surface area contributed by atoms with E-state index in [0.29, 0.717) is 24.5 Å². The molecule has 0 aromatic rings. The van der Waals surface area contributed by atoms with Crippen LogP contribution in [-0.4, -0.2) is 59.5 Å². The number of hydrogen-bond donors (Lipinski definition) is 1. The second kappa shape index (κ2) is 5.32. The van der Waals surface area contributed by atoms with Gasteiger partial charge in [-0.1, -0.05) is 6.92 Å². The molecular weight excluding hydrogens is 290 g/mol. The zero-order valence-corrected chi connectivity index (χ0v) is 12.2. The SMILES string of the molecule is CCS(=O)(=O)C1CSCCN1C(=O)C1CC1C(=O)O. The van der Waals surface area contributed by atoms with Gasteiger partial charge in [-0.2, -0.15) is 11.8 Å². The Balaban J connectivity index is 2.13. The lowest BCUT2D eigenvalue weighted by Crippen LogP contribution is -2.51. The minimum atomic E-state index is -3.32. The lowest BCUT2D eigenvalue weighted by Gasteiger charge is -2.34. The minimum Gasteiger partial charge on any atom is -0.481 e. The molecule has 8 heteroatoms. The zero-order valence-electron chi connectivity index (χ0n) is 10.6. The Labute approximate surface area is 116 Å². The molecule has 0 spiro atoms. The molecule has 1 saturated heterocycles. The van der Waals surface area contributed by atoms with Gasteiger partial charge in [-0.25, -0.2) is 8.42 Å². The van der Waals surface area contributed by atoms with Crippen LogP contribution in [-0.2, 0) is 19.4 Å². The van der Waals surface area contributed by atoms with Crippen molar-refractivity contribution in [2.24, 2.45) is 11.8 Å². The van der Waals surface area contributed by atoms with Crippen LogP contribution < -0.4 is 0 Å². The number of carbonyl (C=O) groups excluding carboxylic acids is 1. The van der Waals surface area contributed by atoms with Crippen molar-refractivity contribution in [1.29, 1.82) is 0 Å². The molecule has 1 N–H and O–H groups in total. The van der Waals surface area contributed by atoms with Crippen LogP contribution in [0.3, 0.4) is 0 Å². The lowest BCUT2D eigenvalue weighted by atomic mass is 10.2. The van der Waals surface area contributed by atoms with E-state index in [1.54, 1.807) is 6.92 Å². The summed E-state index contributed by atoms with van der Waals surface area (Å²) in [6.45, 7) is 1.95. The van der Waals surface area contributed by atoms with Crippen LogP contribution >= 0.6 is 11.8 Å². The monoisotopic (exact) mass is 307 g/mol. The van der Waals surface area contributed by atoms with Crippen molar-refractivity contribution in [3.05, 3.63) is 0 Å². The fourth-order valence-electron chi connectivity index (χ4n) is 2.28. The van der Waals surface area contributed by atoms with Crippen LogP contribution in [0.1, 0.15) is 13.3 Å². The van der Waals surface area contributed by atoms with Crippen LogP contribution in [0.25, 0.3) is 0 Å². The first-order valence-electron chi connectivity index (χ1n) is 6.21. The molecule has 3 unspecified atom stereocenters. The van der Waals surface area contributed by atoms with Gasteiger partial charge in [-0.15, -0.1) is 0 Å². The fraction of sp³-hybridized carbons (Fsp3) is 0.818. The number of aliphatic carboxylic acids is 1. The number of carboxylic acid groups (broad SMARTS) is 1. The van der Waals surface area contributed by atoms with Gasteiger partial charge in [0.1, 0.15) is 5.37 Å². The first kappa shape index (κ1) is 14.6. The molecule has 3 atom stereocenters. The van der Waals surface area contributed by atoms with E-state index in [1.807, 2.05) is 0 Å². The molecule has 0 bridgehead atoms. The summed E-state index contributed by atoms with van der Waals surface area (Å²) >= 11 is 1.52. The average Bonchev–Trinajstić information content (AvgIpc) is 3.18. The highest BCUT2D eigenvalue weighted by Crippen LogP contribution is 2.41. The van der Waals surface area contributed by atoms with Crippen molar-refractivity contribution in [3.8, 4) is 0 Å². The molecule has 1 aliphatic heterocycles. The largest absolute Gasteiger partial charge is 0.481 e. The summed E-state index contributed by atoms with van der Waals surface area (Å²) in [7, 11) is -3.32. The van der Waals surface area contributed by atoms with Crippen LogP contribution in [0.15, 0.2) is 0 Å². The van der Waals surface area contributed by atoms with E-state index in [4.69, 9.17) is 5.11 Å². The summed E-state index contributed by atoms with van der Waals surface area (Å²) in [4.78, 5) is 24.4. The maximum absolute atomic E-state index is 12.2. The quantitative estimate of drug-likeness (QED) is 0.788. The Hall–Kier alpha value is -0.760. The Bertz CT molecular complexity index is 489. The topological polar surface area (TPSA) is 91.8 Å². The molecule has 2 rings (SSSR count). The van der Waals surface area contributed by atoms with Crippen LogP contribution in [0, 0.1) is 11.8 Å². The van der Waals surface area contributed by atoms with Gasteiger partial charge in [0.25, 0.3) is 0 Å². The van der Waals surface area contributed by atoms with Gasteiger partial charge in [-0.05, 0) is 6.42 Å². The number of sulfone groups is 1. The third kappa shape index (κ3) is 2.89. The molecular formula is C11H17NO5S2. The summed E-state index contributed by atoms with van der Waals surface area (Å²) in [5, 5.41) is 8.06. The van der Waals surface area contributed by atoms with Crippen molar-refractivity contribution < 1.29 is 23.1 Å². The summed E-state index contributed by atoms with van der Waals surface area (Å²) < 4.78 is 24.0. The number of thioether (sulfide) groups is 1. The summed E-state index contributed by atoms with van der Waals surface area (Å²) in [6, 6.07) is 0. The molecule has 0 aromatic heterocycles. The van der Waals surface area contributed by atoms with Crippen LogP contribution in [0.2, 0.25) is 0 Å². The number of amides is 1. The van der Waals surface area contributed by atoms with Gasteiger partial charge in [0.15, 0.2) is 9.84 Å². The molecule has 19 heavy (non-hydrogen) atoms. The van der Waals surface area contributed by atoms with Gasteiger partial charge in [0.2, 0.25) is 5.91 Å². The molecule has 1 amide bonds. The highest BCUT2D eigenvalue weighted by molar-refractivity contribution is 8.01. The Morgan fingerprint density at radius 3 is 2.58 bits per heavy atom. The zero-order chi connectivity index (χ0) is 14.2. The molecule has 1 aliphatic carbocycles. The second-order valence-corrected chi connectivity index (χ2v) is 8.40. The lowest BCUT2D eigenvalue weighted by molar-refractivity contribution is -0.142. The number of hydrogen-bond acceptors (Lipinski definition) is 5. The maximum atomic E-state index is 12.2. The maximum Gasteiger partial charge on any atom is 0.307 e. The van der Waals surface area contributed by atoms with E-state index in [1.165, 1.54) is 16.7 Å². The van der Waals surface area contributed by atoms with Gasteiger partial charge >= 0.3 is 5.97 Å². The summed E-state index contributed by atoms with van der Waals surface area (Å²) in [6.07, 6.45) is 0.330. The van der Waals surface area contributed by atoms with Crippen molar-refractivity contribution in [2.45, 2.75) is 18.7 Å². The Kier molecular flexibility index (Phi) is 4.10. The van der Waals surface area contributed by atoms with E-state index in [9.17, 15) is 18.0 Å². The Morgan fingerprint density at radius 2 is 2.05 bits per heavy atom. The van der Waals surface area contributed by atoms with Crippen molar-refractivity contribution in [2.75, 3.05) is 23.8 Å². The molecule has 0 radical (unpaired) electrons. The van der Waals surface area contributed by atoms with E-state index in [0.717, 1.165) is 0 Å². The predicted octanol–water partition coefficient (Wildman–Crippen LogP) is 0.0433. The molecule has 108 valence electrons. The molecule has 0 aromatic carbocycles. The van der Waals surface area contributed by atoms with Gasteiger partial charge < -0.3 is 10.0 Å². The van der Waals surface area contributed by atoms with E-state index in [2.05, 4.69) is 0 Å². The first-order chi connectivity index (χ1) is 8.88. The number of carbonyl (C=O) groups is 2. The smallest absolute Gasteiger partial charge is 0.307 e. The summed E-state index contributed by atoms with van der Waals surface area (Å²) in [5.41, 5.74) is 0. The van der Waals surface area contributed by atoms with E-state index >= 15 is 0 Å². The fourth-order valence-corrected chi connectivity index (χ4v) is 5.25. The Morgan fingerprint density at radius 1 is 1.37 bits per heavy atom. The molecule has 2 aliphatic rings. The highest BCUT2D eigenvalue weighted by atomic mass is 32.2. The van der Waals surface area contributed by atoms with Gasteiger partial charge in [0, 0.05) is 23.8 Å². The third-order valence-electron chi connectivity index (χ3n) is 3.61. The van der Waals surface area contributed by atoms with E-state index in [-0.39, 0.29) is 11.7 Å². The van der Waals surface area contributed by atoms with Crippen molar-refractivity contribution in [3.63, 3.8) is 0 Å². The molecule has 2 fully saturated rings. The molecule has 1 saturated carbocycles. The number of rotatable bonds is 4. The van der Waals surface area contributed by atoms with Crippen molar-refractivity contribution in [1.82, 2.24) is 4.90 Å². The van der Waals surface area contributed by atoms with E-state index < -0.39 is 33.0 Å². The first-order valence-corrected chi connectivity index (χ1v) is 9.08. The average molecular weight is 307 g/mol. The summed E-state index contributed by atoms with van der Waals surface area (Å²) in [5.74, 6) is -1.37. The highest BCUT2D eigenvalue weighted by Gasteiger charge is 2.52. The molecule has 6 nitrogen and oxygen atoms in total. The second-order valence-electron chi connectivity index (χ2n) is 4.80. The standard InChI is InChI=1S/C11H17NO5S2/c1-2-19(16,17)9-6-18-4-3-12(9)10(13)7-5-8(7)11(14)15/h7-9H,2-6H2,1H3,(H,14,15). The predicted molar refractivity (Wildman–Crippen MR) is 71.5 cm³/mol. The van der Waals surface area contributed by atoms with Gasteiger partial charge in [0.05, 0.1) is 11.8 Å². The van der Waals surface area contributed by atoms with Crippen LogP contribution in [0.5, 0.6) is 0 Å². The van der Waals surface area contributed by atoms with Crippen LogP contribution in [0.4, 0.5) is 0 Å². The third-order valence-corrected chi connectivity index (χ3v) is 6.90. The number of nitrogens with zero attached hydrogens (tertiary/aromatic N) is 1. The van der Waals surface area contributed by atoms with Crippen molar-refractivity contribution >= 4 is 33.5 Å². The normalized spacial score (nSPS) is 31.0.